The van der Waals surface area contributed by atoms with E-state index in [1.165, 1.54) is 18.9 Å². The lowest BCUT2D eigenvalue weighted by atomic mass is 10.1. The average Bonchev–Trinajstić information content (AvgIpc) is 3.36. The molecule has 0 unspecified atom stereocenters. The number of ether oxygens (including phenoxy) is 1. The first-order valence-electron chi connectivity index (χ1n) is 9.04. The number of aromatic nitrogens is 1. The third-order valence-electron chi connectivity index (χ3n) is 4.45. The zero-order valence-electron chi connectivity index (χ0n) is 14.8. The molecule has 1 aromatic carbocycles. The number of aliphatic imine (C=N–C) groups is 1. The number of aromatic amines is 1. The Morgan fingerprint density at radius 3 is 2.96 bits per heavy atom. The average molecular weight is 346 g/mol. The van der Waals surface area contributed by atoms with Crippen molar-refractivity contribution in [3.63, 3.8) is 0 Å². The third kappa shape index (κ3) is 5.46. The first kappa shape index (κ1) is 17.7. The Morgan fingerprint density at radius 2 is 2.16 bits per heavy atom. The molecule has 0 saturated heterocycles. The maximum absolute atomic E-state index is 13.4. The number of benzene rings is 1. The number of H-pyrrole nitrogens is 1. The first-order valence-corrected chi connectivity index (χ1v) is 9.04. The van der Waals surface area contributed by atoms with Crippen LogP contribution in [0, 0.1) is 11.7 Å². The van der Waals surface area contributed by atoms with Gasteiger partial charge < -0.3 is 20.4 Å². The highest BCUT2D eigenvalue weighted by Gasteiger charge is 2.20. The van der Waals surface area contributed by atoms with Crippen molar-refractivity contribution in [2.45, 2.75) is 25.7 Å². The van der Waals surface area contributed by atoms with E-state index in [2.05, 4.69) is 20.6 Å². The fourth-order valence-electron chi connectivity index (χ4n) is 2.81. The van der Waals surface area contributed by atoms with E-state index >= 15 is 0 Å². The lowest BCUT2D eigenvalue weighted by molar-refractivity contribution is 0.123. The van der Waals surface area contributed by atoms with E-state index in [4.69, 9.17) is 4.74 Å². The summed E-state index contributed by atoms with van der Waals surface area (Å²) in [6, 6.07) is 4.82. The second kappa shape index (κ2) is 8.85. The van der Waals surface area contributed by atoms with Gasteiger partial charge in [-0.15, -0.1) is 0 Å². The quantitative estimate of drug-likeness (QED) is 0.372. The van der Waals surface area contributed by atoms with Gasteiger partial charge in [-0.3, -0.25) is 4.99 Å². The number of nitrogens with zero attached hydrogens (tertiary/aromatic N) is 1. The molecule has 0 radical (unpaired) electrons. The van der Waals surface area contributed by atoms with E-state index in [0.717, 1.165) is 67.5 Å². The third-order valence-corrected chi connectivity index (χ3v) is 4.45. The molecule has 3 rings (SSSR count). The Morgan fingerprint density at radius 1 is 1.32 bits per heavy atom. The monoisotopic (exact) mass is 346 g/mol. The second-order valence-electron chi connectivity index (χ2n) is 6.55. The molecule has 0 aliphatic heterocycles. The lowest BCUT2D eigenvalue weighted by Gasteiger charge is -2.11. The molecule has 25 heavy (non-hydrogen) atoms. The molecule has 1 aliphatic carbocycles. The van der Waals surface area contributed by atoms with Gasteiger partial charge in [-0.25, -0.2) is 4.39 Å². The molecule has 1 fully saturated rings. The van der Waals surface area contributed by atoms with Crippen LogP contribution < -0.4 is 10.6 Å². The number of hydrogen-bond acceptors (Lipinski definition) is 2. The van der Waals surface area contributed by atoms with E-state index in [0.29, 0.717) is 0 Å². The summed E-state index contributed by atoms with van der Waals surface area (Å²) in [5.74, 6) is 1.40. The van der Waals surface area contributed by atoms with Crippen molar-refractivity contribution in [2.75, 3.05) is 33.4 Å². The molecule has 2 aromatic rings. The van der Waals surface area contributed by atoms with Gasteiger partial charge in [0.2, 0.25) is 0 Å². The minimum atomic E-state index is -0.206. The van der Waals surface area contributed by atoms with Crippen LogP contribution in [0.4, 0.5) is 4.39 Å². The summed E-state index contributed by atoms with van der Waals surface area (Å²) in [5, 5.41) is 7.53. The molecule has 0 bridgehead atoms. The van der Waals surface area contributed by atoms with Gasteiger partial charge in [0.1, 0.15) is 5.82 Å². The van der Waals surface area contributed by atoms with Crippen LogP contribution in [0.25, 0.3) is 10.9 Å². The summed E-state index contributed by atoms with van der Waals surface area (Å²) >= 11 is 0. The van der Waals surface area contributed by atoms with Crippen molar-refractivity contribution in [1.82, 2.24) is 15.6 Å². The molecule has 1 aromatic heterocycles. The highest BCUT2D eigenvalue weighted by atomic mass is 19.1. The maximum atomic E-state index is 13.4. The van der Waals surface area contributed by atoms with Gasteiger partial charge >= 0.3 is 0 Å². The number of guanidine groups is 1. The summed E-state index contributed by atoms with van der Waals surface area (Å²) in [4.78, 5) is 7.40. The van der Waals surface area contributed by atoms with Gasteiger partial charge in [-0.1, -0.05) is 0 Å². The minimum Gasteiger partial charge on any atom is -0.381 e. The molecule has 136 valence electrons. The van der Waals surface area contributed by atoms with Crippen molar-refractivity contribution in [1.29, 1.82) is 0 Å². The molecule has 5 nitrogen and oxygen atoms in total. The Bertz CT molecular complexity index is 709. The Labute approximate surface area is 148 Å². The molecule has 1 aliphatic rings. The molecule has 1 heterocycles. The highest BCUT2D eigenvalue weighted by molar-refractivity contribution is 5.83. The van der Waals surface area contributed by atoms with Crippen molar-refractivity contribution < 1.29 is 9.13 Å². The van der Waals surface area contributed by atoms with Crippen LogP contribution in [0.5, 0.6) is 0 Å². The number of hydrogen-bond donors (Lipinski definition) is 3. The SMILES string of the molecule is CN=C(NCCCOCC1CC1)NCCc1c[nH]c2ccc(F)cc12. The predicted molar refractivity (Wildman–Crippen MR) is 99.5 cm³/mol. The predicted octanol–water partition coefficient (Wildman–Crippen LogP) is 2.83. The molecule has 6 heteroatoms. The Balaban J connectivity index is 1.35. The van der Waals surface area contributed by atoms with Crippen molar-refractivity contribution in [3.8, 4) is 0 Å². The van der Waals surface area contributed by atoms with Gasteiger partial charge in [-0.2, -0.15) is 0 Å². The maximum Gasteiger partial charge on any atom is 0.190 e. The standard InChI is InChI=1S/C19H27FN4O/c1-21-19(22-8-2-10-25-13-14-3-4-14)23-9-7-15-12-24-18-6-5-16(20)11-17(15)18/h5-6,11-12,14,24H,2-4,7-10,13H2,1H3,(H2,21,22,23). The highest BCUT2D eigenvalue weighted by Crippen LogP contribution is 2.28. The Kier molecular flexibility index (Phi) is 6.28. The molecular formula is C19H27FN4O. The second-order valence-corrected chi connectivity index (χ2v) is 6.55. The number of rotatable bonds is 9. The van der Waals surface area contributed by atoms with Crippen molar-refractivity contribution in [2.24, 2.45) is 10.9 Å². The zero-order chi connectivity index (χ0) is 17.5. The van der Waals surface area contributed by atoms with Crippen LogP contribution in [-0.4, -0.2) is 44.3 Å². The minimum absolute atomic E-state index is 0.206. The lowest BCUT2D eigenvalue weighted by Crippen LogP contribution is -2.39. The van der Waals surface area contributed by atoms with Gasteiger partial charge in [-0.05, 0) is 55.4 Å². The fourth-order valence-corrected chi connectivity index (χ4v) is 2.81. The number of halogens is 1. The summed E-state index contributed by atoms with van der Waals surface area (Å²) < 4.78 is 19.0. The summed E-state index contributed by atoms with van der Waals surface area (Å²) in [5.41, 5.74) is 2.07. The smallest absolute Gasteiger partial charge is 0.190 e. The zero-order valence-corrected chi connectivity index (χ0v) is 14.8. The normalized spacial score (nSPS) is 14.9. The van der Waals surface area contributed by atoms with E-state index < -0.39 is 0 Å². The first-order chi connectivity index (χ1) is 12.3. The van der Waals surface area contributed by atoms with E-state index in [9.17, 15) is 4.39 Å². The van der Waals surface area contributed by atoms with E-state index in [-0.39, 0.29) is 5.82 Å². The van der Waals surface area contributed by atoms with Crippen LogP contribution in [0.3, 0.4) is 0 Å². The van der Waals surface area contributed by atoms with E-state index in [1.54, 1.807) is 19.2 Å². The molecule has 0 amide bonds. The summed E-state index contributed by atoms with van der Waals surface area (Å²) in [6.07, 6.45) is 6.37. The number of nitrogens with one attached hydrogen (secondary N) is 3. The van der Waals surface area contributed by atoms with Gasteiger partial charge in [0.25, 0.3) is 0 Å². The van der Waals surface area contributed by atoms with Gasteiger partial charge in [0.15, 0.2) is 5.96 Å². The fraction of sp³-hybridized carbons (Fsp3) is 0.526. The van der Waals surface area contributed by atoms with Crippen LogP contribution in [-0.2, 0) is 11.2 Å². The molecule has 1 saturated carbocycles. The van der Waals surface area contributed by atoms with Gasteiger partial charge in [0, 0.05) is 50.5 Å². The molecular weight excluding hydrogens is 319 g/mol. The van der Waals surface area contributed by atoms with Crippen LogP contribution in [0.1, 0.15) is 24.8 Å². The summed E-state index contributed by atoms with van der Waals surface area (Å²) in [7, 11) is 1.76. The van der Waals surface area contributed by atoms with Crippen LogP contribution >= 0.6 is 0 Å². The van der Waals surface area contributed by atoms with Crippen LogP contribution in [0.15, 0.2) is 29.4 Å². The van der Waals surface area contributed by atoms with Crippen molar-refractivity contribution in [3.05, 3.63) is 35.8 Å². The van der Waals surface area contributed by atoms with Crippen LogP contribution in [0.2, 0.25) is 0 Å². The Hall–Kier alpha value is -2.08. The molecule has 0 spiro atoms. The van der Waals surface area contributed by atoms with Crippen molar-refractivity contribution >= 4 is 16.9 Å². The molecule has 3 N–H and O–H groups in total. The topological polar surface area (TPSA) is 61.4 Å². The summed E-state index contributed by atoms with van der Waals surface area (Å²) in [6.45, 7) is 3.28. The molecule has 0 atom stereocenters. The largest absolute Gasteiger partial charge is 0.381 e. The number of fused-ring (bicyclic) bond motifs is 1. The van der Waals surface area contributed by atoms with E-state index in [1.807, 2.05) is 6.20 Å². The van der Waals surface area contributed by atoms with Gasteiger partial charge in [0.05, 0.1) is 0 Å².